The van der Waals surface area contributed by atoms with Crippen molar-refractivity contribution in [2.75, 3.05) is 29.6 Å². The van der Waals surface area contributed by atoms with E-state index in [1.807, 2.05) is 4.90 Å². The smallest absolute Gasteiger partial charge is 0.354 e. The molecule has 2 aromatic heterocycles. The number of alkyl halides is 3. The van der Waals surface area contributed by atoms with Crippen molar-refractivity contribution in [3.63, 3.8) is 0 Å². The van der Waals surface area contributed by atoms with Gasteiger partial charge in [0.2, 0.25) is 0 Å². The molecule has 1 aliphatic rings. The summed E-state index contributed by atoms with van der Waals surface area (Å²) in [6.45, 7) is 0.936. The number of halogens is 3. The van der Waals surface area contributed by atoms with Gasteiger partial charge in [0.15, 0.2) is 5.82 Å². The summed E-state index contributed by atoms with van der Waals surface area (Å²) in [5.41, 5.74) is 1.34. The van der Waals surface area contributed by atoms with E-state index < -0.39 is 21.3 Å². The maximum absolute atomic E-state index is 12.8. The van der Waals surface area contributed by atoms with Crippen LogP contribution in [0.5, 0.6) is 0 Å². The molecule has 1 aliphatic heterocycles. The molecule has 33 heavy (non-hydrogen) atoms. The van der Waals surface area contributed by atoms with E-state index in [0.29, 0.717) is 43.3 Å². The molecule has 3 aromatic rings. The highest BCUT2D eigenvalue weighted by molar-refractivity contribution is 8.12. The SMILES string of the molecule is CS(N)(=O)(O)c1cccnc1N1CCc2ncnc(Nc3ccc(C(F)(F)F)cc3)c2CC1. The van der Waals surface area contributed by atoms with Crippen molar-refractivity contribution in [2.45, 2.75) is 23.9 Å². The molecule has 4 N–H and O–H groups in total. The first-order valence-electron chi connectivity index (χ1n) is 10.0. The maximum atomic E-state index is 12.8. The van der Waals surface area contributed by atoms with Gasteiger partial charge in [0.1, 0.15) is 17.0 Å². The molecule has 0 atom stereocenters. The molecule has 3 heterocycles. The van der Waals surface area contributed by atoms with Gasteiger partial charge in [-0.1, -0.05) is 0 Å². The van der Waals surface area contributed by atoms with E-state index in [9.17, 15) is 21.9 Å². The van der Waals surface area contributed by atoms with Crippen LogP contribution in [0.15, 0.2) is 53.8 Å². The molecule has 0 radical (unpaired) electrons. The number of aromatic nitrogens is 3. The molecule has 0 amide bonds. The second-order valence-corrected chi connectivity index (χ2v) is 11.2. The molecular weight excluding hydrogens is 457 g/mol. The van der Waals surface area contributed by atoms with Crippen LogP contribution in [0.25, 0.3) is 0 Å². The molecule has 0 aliphatic carbocycles. The van der Waals surface area contributed by atoms with Crippen LogP contribution in [0.1, 0.15) is 16.8 Å². The third kappa shape index (κ3) is 5.13. The second kappa shape index (κ2) is 8.04. The Morgan fingerprint density at radius 1 is 1.09 bits per heavy atom. The van der Waals surface area contributed by atoms with E-state index in [4.69, 9.17) is 5.14 Å². The lowest BCUT2D eigenvalue weighted by Gasteiger charge is -2.37. The van der Waals surface area contributed by atoms with Gasteiger partial charge in [0, 0.05) is 43.2 Å². The van der Waals surface area contributed by atoms with E-state index in [1.54, 1.807) is 6.07 Å². The zero-order valence-electron chi connectivity index (χ0n) is 17.7. The van der Waals surface area contributed by atoms with Crippen LogP contribution >= 0.6 is 0 Å². The summed E-state index contributed by atoms with van der Waals surface area (Å²) in [5, 5.41) is 8.79. The lowest BCUT2D eigenvalue weighted by Crippen LogP contribution is -2.42. The number of nitrogens with two attached hydrogens (primary N) is 1. The van der Waals surface area contributed by atoms with E-state index in [1.165, 1.54) is 30.7 Å². The van der Waals surface area contributed by atoms with E-state index in [0.717, 1.165) is 29.6 Å². The summed E-state index contributed by atoms with van der Waals surface area (Å²) in [4.78, 5) is 14.9. The number of rotatable bonds is 4. The molecule has 1 aromatic carbocycles. The Bertz CT molecular complexity index is 1230. The number of hydrogen-bond donors (Lipinski definition) is 3. The Labute approximate surface area is 188 Å². The summed E-state index contributed by atoms with van der Waals surface area (Å²) in [6, 6.07) is 7.76. The number of nitrogens with one attached hydrogen (secondary N) is 1. The summed E-state index contributed by atoms with van der Waals surface area (Å²) in [5.74, 6) is 0.835. The molecular formula is C21H23F3N6O2S. The van der Waals surface area contributed by atoms with Crippen molar-refractivity contribution in [1.29, 1.82) is 0 Å². The molecule has 0 unspecified atom stereocenters. The quantitative estimate of drug-likeness (QED) is 0.524. The minimum Gasteiger partial charge on any atom is -0.354 e. The topological polar surface area (TPSA) is 117 Å². The van der Waals surface area contributed by atoms with Gasteiger partial charge in [-0.2, -0.15) is 17.4 Å². The summed E-state index contributed by atoms with van der Waals surface area (Å²) >= 11 is 0. The number of fused-ring (bicyclic) bond motifs is 1. The van der Waals surface area contributed by atoms with Gasteiger partial charge in [-0.05, 0) is 42.8 Å². The van der Waals surface area contributed by atoms with Gasteiger partial charge in [-0.15, -0.1) is 9.53 Å². The number of nitrogens with zero attached hydrogens (tertiary/aromatic N) is 4. The van der Waals surface area contributed by atoms with Crippen LogP contribution in [0, 0.1) is 0 Å². The van der Waals surface area contributed by atoms with E-state index >= 15 is 0 Å². The highest BCUT2D eigenvalue weighted by atomic mass is 32.3. The Kier molecular flexibility index (Phi) is 5.63. The minimum absolute atomic E-state index is 0.0645. The highest BCUT2D eigenvalue weighted by Gasteiger charge is 2.30. The van der Waals surface area contributed by atoms with Gasteiger partial charge >= 0.3 is 6.18 Å². The van der Waals surface area contributed by atoms with E-state index in [2.05, 4.69) is 20.3 Å². The normalized spacial score (nSPS) is 15.8. The van der Waals surface area contributed by atoms with Crippen LogP contribution in [-0.4, -0.2) is 43.1 Å². The Balaban J connectivity index is 1.59. The van der Waals surface area contributed by atoms with Gasteiger partial charge in [-0.3, -0.25) is 4.55 Å². The van der Waals surface area contributed by atoms with Crippen molar-refractivity contribution in [2.24, 2.45) is 5.14 Å². The van der Waals surface area contributed by atoms with Gasteiger partial charge < -0.3 is 10.2 Å². The molecule has 8 nitrogen and oxygen atoms in total. The first kappa shape index (κ1) is 23.1. The number of benzene rings is 1. The summed E-state index contributed by atoms with van der Waals surface area (Å²) in [6.07, 6.45) is 0.616. The van der Waals surface area contributed by atoms with Crippen LogP contribution < -0.4 is 15.4 Å². The Morgan fingerprint density at radius 3 is 2.45 bits per heavy atom. The molecule has 0 fully saturated rings. The molecule has 0 spiro atoms. The standard InChI is InChI=1S/C21H23F3N6O2S/c1-33(25,31,32)18-3-2-10-26-20(18)30-11-8-16-17(9-12-30)27-13-28-19(16)29-15-6-4-14(5-7-15)21(22,23)24/h2-7,10,13H,8-9,11-12H2,1H3,(H3,25,31,32)(H,27,28,29). The van der Waals surface area contributed by atoms with Gasteiger partial charge in [0.05, 0.1) is 11.3 Å². The molecule has 4 rings (SSSR count). The van der Waals surface area contributed by atoms with Crippen molar-refractivity contribution in [3.05, 3.63) is 65.7 Å². The van der Waals surface area contributed by atoms with Gasteiger partial charge in [-0.25, -0.2) is 20.1 Å². The third-order valence-electron chi connectivity index (χ3n) is 5.35. The number of anilines is 3. The lowest BCUT2D eigenvalue weighted by molar-refractivity contribution is -0.137. The fourth-order valence-electron chi connectivity index (χ4n) is 3.73. The van der Waals surface area contributed by atoms with Crippen LogP contribution in [0.3, 0.4) is 0 Å². The van der Waals surface area contributed by atoms with E-state index in [-0.39, 0.29) is 4.90 Å². The predicted octanol–water partition coefficient (Wildman–Crippen LogP) is 3.39. The van der Waals surface area contributed by atoms with Crippen LogP contribution in [-0.2, 0) is 28.6 Å². The van der Waals surface area contributed by atoms with Gasteiger partial charge in [0.25, 0.3) is 0 Å². The fraction of sp³-hybridized carbons (Fsp3) is 0.286. The van der Waals surface area contributed by atoms with Crippen LogP contribution in [0.4, 0.5) is 30.5 Å². The first-order valence-corrected chi connectivity index (χ1v) is 12.4. The zero-order chi connectivity index (χ0) is 23.9. The van der Waals surface area contributed by atoms with Crippen molar-refractivity contribution in [1.82, 2.24) is 15.0 Å². The monoisotopic (exact) mass is 480 g/mol. The molecule has 0 saturated carbocycles. The third-order valence-corrected chi connectivity index (χ3v) is 6.73. The lowest BCUT2D eigenvalue weighted by atomic mass is 10.1. The number of hydrogen-bond acceptors (Lipinski definition) is 6. The molecule has 0 saturated heterocycles. The second-order valence-electron chi connectivity index (χ2n) is 8.02. The maximum Gasteiger partial charge on any atom is 0.416 e. The van der Waals surface area contributed by atoms with Crippen molar-refractivity contribution >= 4 is 26.9 Å². The Morgan fingerprint density at radius 2 is 1.79 bits per heavy atom. The highest BCUT2D eigenvalue weighted by Crippen LogP contribution is 2.33. The molecule has 12 heteroatoms. The zero-order valence-corrected chi connectivity index (χ0v) is 18.5. The largest absolute Gasteiger partial charge is 0.416 e. The Hall–Kier alpha value is -3.09. The minimum atomic E-state index is -4.52. The predicted molar refractivity (Wildman–Crippen MR) is 120 cm³/mol. The molecule has 176 valence electrons. The average molecular weight is 481 g/mol. The molecule has 0 bridgehead atoms. The first-order chi connectivity index (χ1) is 15.4. The summed E-state index contributed by atoms with van der Waals surface area (Å²) < 4.78 is 61.5. The summed E-state index contributed by atoms with van der Waals surface area (Å²) in [7, 11) is -4.52. The van der Waals surface area contributed by atoms with Crippen molar-refractivity contribution in [3.8, 4) is 0 Å². The van der Waals surface area contributed by atoms with Crippen molar-refractivity contribution < 1.29 is 21.9 Å². The average Bonchev–Trinajstić information content (AvgIpc) is 2.96. The fourth-order valence-corrected chi connectivity index (χ4v) is 4.77. The van der Waals surface area contributed by atoms with Crippen LogP contribution in [0.2, 0.25) is 0 Å². The number of pyridine rings is 1.